The fourth-order valence-electron chi connectivity index (χ4n) is 2.22. The van der Waals surface area contributed by atoms with Crippen molar-refractivity contribution in [3.63, 3.8) is 0 Å². The highest BCUT2D eigenvalue weighted by atomic mass is 79.9. The Bertz CT molecular complexity index is 881. The van der Waals surface area contributed by atoms with Gasteiger partial charge in [-0.15, -0.1) is 0 Å². The molecule has 0 heterocycles. The molecule has 0 radical (unpaired) electrons. The largest absolute Gasteiger partial charge is 0.496 e. The lowest BCUT2D eigenvalue weighted by Gasteiger charge is -2.10. The molecule has 0 bridgehead atoms. The number of carbonyl (C=O) groups excluding carboxylic acids is 2. The molecule has 0 aromatic heterocycles. The van der Waals surface area contributed by atoms with Gasteiger partial charge in [0, 0.05) is 6.08 Å². The summed E-state index contributed by atoms with van der Waals surface area (Å²) in [6, 6.07) is 10.4. The predicted molar refractivity (Wildman–Crippen MR) is 107 cm³/mol. The first-order chi connectivity index (χ1) is 13.4. The van der Waals surface area contributed by atoms with Gasteiger partial charge in [0.1, 0.15) is 12.4 Å². The SMILES string of the molecule is COc1ccc(COC(=O)/C=C/c2ccc(OCC(N)=O)c(OC)c2)cc1Br. The van der Waals surface area contributed by atoms with Gasteiger partial charge in [-0.3, -0.25) is 4.79 Å². The summed E-state index contributed by atoms with van der Waals surface area (Å²) in [5, 5.41) is 0. The minimum Gasteiger partial charge on any atom is -0.496 e. The maximum Gasteiger partial charge on any atom is 0.331 e. The third kappa shape index (κ3) is 6.31. The van der Waals surface area contributed by atoms with E-state index in [1.807, 2.05) is 12.1 Å². The average molecular weight is 450 g/mol. The molecular weight excluding hydrogens is 430 g/mol. The minimum absolute atomic E-state index is 0.134. The lowest BCUT2D eigenvalue weighted by molar-refractivity contribution is -0.138. The quantitative estimate of drug-likeness (QED) is 0.466. The highest BCUT2D eigenvalue weighted by Gasteiger charge is 2.07. The maximum atomic E-state index is 11.9. The van der Waals surface area contributed by atoms with Crippen LogP contribution in [0.1, 0.15) is 11.1 Å². The molecule has 0 fully saturated rings. The van der Waals surface area contributed by atoms with Crippen LogP contribution < -0.4 is 19.9 Å². The Morgan fingerprint density at radius 1 is 1.04 bits per heavy atom. The van der Waals surface area contributed by atoms with E-state index in [1.165, 1.54) is 13.2 Å². The summed E-state index contributed by atoms with van der Waals surface area (Å²) in [5.74, 6) is 0.427. The van der Waals surface area contributed by atoms with E-state index in [2.05, 4.69) is 15.9 Å². The number of methoxy groups -OCH3 is 2. The summed E-state index contributed by atoms with van der Waals surface area (Å²) in [6.45, 7) is -0.117. The van der Waals surface area contributed by atoms with Crippen LogP contribution in [0.5, 0.6) is 17.2 Å². The molecule has 2 aromatic carbocycles. The fraction of sp³-hybridized carbons (Fsp3) is 0.200. The number of carbonyl (C=O) groups is 2. The lowest BCUT2D eigenvalue weighted by Crippen LogP contribution is -2.20. The maximum absolute atomic E-state index is 11.9. The third-order valence-electron chi connectivity index (χ3n) is 3.57. The van der Waals surface area contributed by atoms with Crippen LogP contribution in [0.3, 0.4) is 0 Å². The van der Waals surface area contributed by atoms with Gasteiger partial charge in [-0.2, -0.15) is 0 Å². The van der Waals surface area contributed by atoms with Crippen LogP contribution in [0.4, 0.5) is 0 Å². The molecule has 0 saturated carbocycles. The number of primary amides is 1. The van der Waals surface area contributed by atoms with Crippen molar-refractivity contribution >= 4 is 33.9 Å². The number of halogens is 1. The van der Waals surface area contributed by atoms with Gasteiger partial charge in [0.2, 0.25) is 0 Å². The highest BCUT2D eigenvalue weighted by Crippen LogP contribution is 2.28. The number of hydrogen-bond donors (Lipinski definition) is 1. The second-order valence-electron chi connectivity index (χ2n) is 5.58. The van der Waals surface area contributed by atoms with Crippen LogP contribution in [-0.4, -0.2) is 32.7 Å². The molecule has 2 N–H and O–H groups in total. The number of nitrogens with two attached hydrogens (primary N) is 1. The monoisotopic (exact) mass is 449 g/mol. The number of esters is 1. The first kappa shape index (κ1) is 21.3. The topological polar surface area (TPSA) is 97.1 Å². The van der Waals surface area contributed by atoms with E-state index in [9.17, 15) is 9.59 Å². The Balaban J connectivity index is 1.95. The molecule has 0 aliphatic rings. The second-order valence-corrected chi connectivity index (χ2v) is 6.43. The van der Waals surface area contributed by atoms with Gasteiger partial charge < -0.3 is 24.7 Å². The lowest BCUT2D eigenvalue weighted by atomic mass is 10.2. The average Bonchev–Trinajstić information content (AvgIpc) is 2.69. The Morgan fingerprint density at radius 3 is 2.39 bits per heavy atom. The molecule has 7 nitrogen and oxygen atoms in total. The molecule has 2 aromatic rings. The van der Waals surface area contributed by atoms with Crippen LogP contribution in [-0.2, 0) is 20.9 Å². The third-order valence-corrected chi connectivity index (χ3v) is 4.19. The van der Waals surface area contributed by atoms with Crippen LogP contribution in [0.25, 0.3) is 6.08 Å². The number of rotatable bonds is 9. The zero-order chi connectivity index (χ0) is 20.5. The minimum atomic E-state index is -0.585. The molecule has 0 aliphatic heterocycles. The second kappa shape index (κ2) is 10.4. The molecule has 8 heteroatoms. The van der Waals surface area contributed by atoms with Crippen molar-refractivity contribution in [1.29, 1.82) is 0 Å². The highest BCUT2D eigenvalue weighted by molar-refractivity contribution is 9.10. The first-order valence-electron chi connectivity index (χ1n) is 8.19. The van der Waals surface area contributed by atoms with E-state index in [4.69, 9.17) is 24.7 Å². The van der Waals surface area contributed by atoms with Gasteiger partial charge in [-0.25, -0.2) is 4.79 Å². The van der Waals surface area contributed by atoms with Crippen LogP contribution >= 0.6 is 15.9 Å². The van der Waals surface area contributed by atoms with Gasteiger partial charge in [0.15, 0.2) is 18.1 Å². The predicted octanol–water partition coefficient (Wildman–Crippen LogP) is 3.09. The van der Waals surface area contributed by atoms with Gasteiger partial charge in [-0.05, 0) is 57.4 Å². The van der Waals surface area contributed by atoms with E-state index < -0.39 is 11.9 Å². The summed E-state index contributed by atoms with van der Waals surface area (Å²) in [6.07, 6.45) is 2.91. The molecule has 0 aliphatic carbocycles. The summed E-state index contributed by atoms with van der Waals surface area (Å²) in [5.41, 5.74) is 6.59. The number of amides is 1. The standard InChI is InChI=1S/C20H20BrNO6/c1-25-16-6-4-14(9-15(16)21)11-28-20(24)8-5-13-3-7-17(18(10-13)26-2)27-12-19(22)23/h3-10H,11-12H2,1-2H3,(H2,22,23)/b8-5+. The van der Waals surface area contributed by atoms with Crippen LogP contribution in [0.2, 0.25) is 0 Å². The molecule has 148 valence electrons. The molecule has 0 atom stereocenters. The Morgan fingerprint density at radius 2 is 1.75 bits per heavy atom. The van der Waals surface area contributed by atoms with Crippen molar-refractivity contribution in [2.24, 2.45) is 5.73 Å². The zero-order valence-electron chi connectivity index (χ0n) is 15.4. The molecule has 28 heavy (non-hydrogen) atoms. The van der Waals surface area contributed by atoms with Gasteiger partial charge in [-0.1, -0.05) is 12.1 Å². The fourth-order valence-corrected chi connectivity index (χ4v) is 2.81. The van der Waals surface area contributed by atoms with Crippen molar-refractivity contribution in [3.8, 4) is 17.2 Å². The van der Waals surface area contributed by atoms with Crippen molar-refractivity contribution < 1.29 is 28.5 Å². The number of hydrogen-bond acceptors (Lipinski definition) is 6. The van der Waals surface area contributed by atoms with Crippen LogP contribution in [0.15, 0.2) is 46.9 Å². The molecule has 2 rings (SSSR count). The Hall–Kier alpha value is -3.00. The molecule has 0 saturated heterocycles. The molecule has 0 spiro atoms. The summed E-state index contributed by atoms with van der Waals surface area (Å²) in [7, 11) is 3.05. The smallest absolute Gasteiger partial charge is 0.331 e. The Kier molecular flexibility index (Phi) is 7.88. The zero-order valence-corrected chi connectivity index (χ0v) is 17.0. The van der Waals surface area contributed by atoms with Gasteiger partial charge in [0.05, 0.1) is 18.7 Å². The summed E-state index contributed by atoms with van der Waals surface area (Å²) in [4.78, 5) is 22.8. The van der Waals surface area contributed by atoms with Crippen molar-refractivity contribution in [1.82, 2.24) is 0 Å². The summed E-state index contributed by atoms with van der Waals surface area (Å²) >= 11 is 3.39. The molecule has 1 amide bonds. The van der Waals surface area contributed by atoms with Crippen molar-refractivity contribution in [2.45, 2.75) is 6.61 Å². The van der Waals surface area contributed by atoms with Gasteiger partial charge in [0.25, 0.3) is 5.91 Å². The number of ether oxygens (including phenoxy) is 4. The number of benzene rings is 2. The van der Waals surface area contributed by atoms with Gasteiger partial charge >= 0.3 is 5.97 Å². The molecule has 0 unspecified atom stereocenters. The van der Waals surface area contributed by atoms with Crippen molar-refractivity contribution in [2.75, 3.05) is 20.8 Å². The van der Waals surface area contributed by atoms with Crippen LogP contribution in [0, 0.1) is 0 Å². The summed E-state index contributed by atoms with van der Waals surface area (Å²) < 4.78 is 21.6. The van der Waals surface area contributed by atoms with E-state index in [1.54, 1.807) is 37.5 Å². The van der Waals surface area contributed by atoms with E-state index in [-0.39, 0.29) is 13.2 Å². The van der Waals surface area contributed by atoms with E-state index in [0.29, 0.717) is 22.8 Å². The first-order valence-corrected chi connectivity index (χ1v) is 8.98. The van der Waals surface area contributed by atoms with Crippen molar-refractivity contribution in [3.05, 3.63) is 58.1 Å². The Labute approximate surface area is 171 Å². The van der Waals surface area contributed by atoms with E-state index in [0.717, 1.165) is 10.0 Å². The van der Waals surface area contributed by atoms with E-state index >= 15 is 0 Å². The molecular formula is C20H20BrNO6. The normalized spacial score (nSPS) is 10.5.